The first-order chi connectivity index (χ1) is 8.32. The second-order valence-electron chi connectivity index (χ2n) is 4.35. The largest absolute Gasteiger partial charge is 0.477 e. The topological polar surface area (TPSA) is 84.2 Å². The smallest absolute Gasteiger partial charge is 0.341 e. The molecule has 7 heteroatoms. The van der Waals surface area contributed by atoms with Gasteiger partial charge < -0.3 is 10.4 Å². The molecule has 0 aliphatic rings. The minimum atomic E-state index is -0.991. The molecule has 0 saturated heterocycles. The van der Waals surface area contributed by atoms with E-state index in [1.54, 1.807) is 20.2 Å². The van der Waals surface area contributed by atoms with Crippen LogP contribution in [0.1, 0.15) is 29.4 Å². The van der Waals surface area contributed by atoms with Crippen molar-refractivity contribution in [1.82, 2.24) is 9.78 Å². The van der Waals surface area contributed by atoms with E-state index in [0.717, 1.165) is 0 Å². The summed E-state index contributed by atoms with van der Waals surface area (Å²) < 4.78 is 12.5. The van der Waals surface area contributed by atoms with Crippen molar-refractivity contribution in [1.29, 1.82) is 0 Å². The van der Waals surface area contributed by atoms with Crippen molar-refractivity contribution in [3.63, 3.8) is 0 Å². The number of nitrogens with one attached hydrogen (secondary N) is 1. The van der Waals surface area contributed by atoms with Crippen LogP contribution in [0.3, 0.4) is 0 Å². The highest BCUT2D eigenvalue weighted by Crippen LogP contribution is 2.20. The lowest BCUT2D eigenvalue weighted by atomic mass is 10.2. The fourth-order valence-electron chi connectivity index (χ4n) is 1.73. The zero-order chi connectivity index (χ0) is 13.9. The number of aryl methyl sites for hydroxylation is 2. The molecule has 0 spiro atoms. The Morgan fingerprint density at radius 2 is 2.22 bits per heavy atom. The van der Waals surface area contributed by atoms with Gasteiger partial charge in [0.15, 0.2) is 0 Å². The van der Waals surface area contributed by atoms with Crippen molar-refractivity contribution >= 4 is 22.6 Å². The van der Waals surface area contributed by atoms with Gasteiger partial charge in [0.2, 0.25) is 0 Å². The Hall–Kier alpha value is -1.37. The molecule has 6 nitrogen and oxygen atoms in total. The summed E-state index contributed by atoms with van der Waals surface area (Å²) in [7, 11) is 0.864. The van der Waals surface area contributed by atoms with Crippen molar-refractivity contribution in [2.75, 3.05) is 17.3 Å². The Kier molecular flexibility index (Phi) is 4.89. The SMILES string of the molecule is Cc1nn(C)c(NC(C)CCS(C)=O)c1C(=O)O. The van der Waals surface area contributed by atoms with Crippen LogP contribution in [0.15, 0.2) is 0 Å². The van der Waals surface area contributed by atoms with E-state index < -0.39 is 16.8 Å². The molecule has 0 bridgehead atoms. The Bertz CT molecular complexity index is 470. The number of aromatic nitrogens is 2. The number of carboxylic acid groups (broad SMARTS) is 1. The van der Waals surface area contributed by atoms with Crippen LogP contribution in [0.25, 0.3) is 0 Å². The molecule has 18 heavy (non-hydrogen) atoms. The number of nitrogens with zero attached hydrogens (tertiary/aromatic N) is 2. The lowest BCUT2D eigenvalue weighted by molar-refractivity contribution is 0.0697. The number of hydrogen-bond donors (Lipinski definition) is 2. The molecule has 1 heterocycles. The molecule has 2 N–H and O–H groups in total. The molecule has 1 aromatic rings. The van der Waals surface area contributed by atoms with Crippen LogP contribution < -0.4 is 5.32 Å². The van der Waals surface area contributed by atoms with Crippen molar-refractivity contribution in [2.24, 2.45) is 7.05 Å². The van der Waals surface area contributed by atoms with Crippen LogP contribution in [-0.2, 0) is 17.8 Å². The molecule has 1 aromatic heterocycles. The molecule has 0 aliphatic heterocycles. The first-order valence-electron chi connectivity index (χ1n) is 5.66. The molecular weight excluding hydrogens is 254 g/mol. The Balaban J connectivity index is 2.83. The summed E-state index contributed by atoms with van der Waals surface area (Å²) in [6.45, 7) is 3.60. The van der Waals surface area contributed by atoms with Crippen LogP contribution >= 0.6 is 0 Å². The third-order valence-electron chi connectivity index (χ3n) is 2.66. The van der Waals surface area contributed by atoms with Gasteiger partial charge in [-0.25, -0.2) is 4.79 Å². The maximum atomic E-state index is 11.2. The van der Waals surface area contributed by atoms with Gasteiger partial charge >= 0.3 is 5.97 Å². The zero-order valence-corrected chi connectivity index (χ0v) is 11.9. The molecule has 0 saturated carbocycles. The molecule has 102 valence electrons. The number of carboxylic acids is 1. The third kappa shape index (κ3) is 3.56. The highest BCUT2D eigenvalue weighted by molar-refractivity contribution is 7.84. The molecule has 0 amide bonds. The summed E-state index contributed by atoms with van der Waals surface area (Å²) in [5.41, 5.74) is 0.681. The monoisotopic (exact) mass is 273 g/mol. The average molecular weight is 273 g/mol. The normalized spacial score (nSPS) is 14.2. The molecule has 0 aromatic carbocycles. The fourth-order valence-corrected chi connectivity index (χ4v) is 2.41. The van der Waals surface area contributed by atoms with Crippen molar-refractivity contribution < 1.29 is 14.1 Å². The van der Waals surface area contributed by atoms with Gasteiger partial charge in [0, 0.05) is 35.9 Å². The molecular formula is C11H19N3O3S. The second kappa shape index (κ2) is 5.99. The number of aromatic carboxylic acids is 1. The summed E-state index contributed by atoms with van der Waals surface area (Å²) >= 11 is 0. The Labute approximate surface area is 109 Å². The molecule has 2 unspecified atom stereocenters. The summed E-state index contributed by atoms with van der Waals surface area (Å²) in [6, 6.07) is 0.0433. The lowest BCUT2D eigenvalue weighted by Gasteiger charge is -2.15. The van der Waals surface area contributed by atoms with Crippen LogP contribution in [-0.4, -0.2) is 43.1 Å². The lowest BCUT2D eigenvalue weighted by Crippen LogP contribution is -2.21. The van der Waals surface area contributed by atoms with Crippen molar-refractivity contribution in [3.05, 3.63) is 11.3 Å². The highest BCUT2D eigenvalue weighted by Gasteiger charge is 2.20. The first-order valence-corrected chi connectivity index (χ1v) is 7.39. The quantitative estimate of drug-likeness (QED) is 0.807. The van der Waals surface area contributed by atoms with Crippen molar-refractivity contribution in [3.8, 4) is 0 Å². The molecule has 0 radical (unpaired) electrons. The molecule has 0 aliphatic carbocycles. The fraction of sp³-hybridized carbons (Fsp3) is 0.636. The minimum absolute atomic E-state index is 0.0433. The molecule has 2 atom stereocenters. The van der Waals surface area contributed by atoms with Gasteiger partial charge in [0.05, 0.1) is 5.69 Å². The van der Waals surface area contributed by atoms with Gasteiger partial charge in [-0.15, -0.1) is 0 Å². The van der Waals surface area contributed by atoms with Crippen LogP contribution in [0.2, 0.25) is 0 Å². The number of hydrogen-bond acceptors (Lipinski definition) is 4. The van der Waals surface area contributed by atoms with Gasteiger partial charge in [-0.05, 0) is 20.3 Å². The molecule has 1 rings (SSSR count). The maximum absolute atomic E-state index is 11.2. The summed E-state index contributed by atoms with van der Waals surface area (Å²) in [5, 5.41) is 16.4. The van der Waals surface area contributed by atoms with E-state index in [1.807, 2.05) is 6.92 Å². The predicted molar refractivity (Wildman–Crippen MR) is 71.5 cm³/mol. The van der Waals surface area contributed by atoms with E-state index in [-0.39, 0.29) is 11.6 Å². The average Bonchev–Trinajstić information content (AvgIpc) is 2.51. The minimum Gasteiger partial charge on any atom is -0.477 e. The number of anilines is 1. The number of carbonyl (C=O) groups is 1. The van der Waals surface area contributed by atoms with Gasteiger partial charge in [-0.1, -0.05) is 0 Å². The van der Waals surface area contributed by atoms with Gasteiger partial charge in [0.25, 0.3) is 0 Å². The van der Waals surface area contributed by atoms with Gasteiger partial charge in [-0.2, -0.15) is 5.10 Å². The highest BCUT2D eigenvalue weighted by atomic mass is 32.2. The van der Waals surface area contributed by atoms with E-state index in [0.29, 0.717) is 23.7 Å². The van der Waals surface area contributed by atoms with Crippen LogP contribution in [0.5, 0.6) is 0 Å². The van der Waals surface area contributed by atoms with E-state index in [1.165, 1.54) is 4.68 Å². The summed E-state index contributed by atoms with van der Waals surface area (Å²) in [4.78, 5) is 11.2. The summed E-state index contributed by atoms with van der Waals surface area (Å²) in [6.07, 6.45) is 2.37. The van der Waals surface area contributed by atoms with Crippen LogP contribution in [0, 0.1) is 6.92 Å². The maximum Gasteiger partial charge on any atom is 0.341 e. The Morgan fingerprint density at radius 3 is 2.72 bits per heavy atom. The standard InChI is InChI=1S/C11H19N3O3S/c1-7(5-6-18(4)17)12-10-9(11(15)16)8(2)13-14(10)3/h7,12H,5-6H2,1-4H3,(H,15,16). The summed E-state index contributed by atoms with van der Waals surface area (Å²) in [5.74, 6) is 0.0942. The zero-order valence-electron chi connectivity index (χ0n) is 11.1. The second-order valence-corrected chi connectivity index (χ2v) is 5.90. The van der Waals surface area contributed by atoms with Gasteiger partial charge in [0.1, 0.15) is 11.4 Å². The van der Waals surface area contributed by atoms with Gasteiger partial charge in [-0.3, -0.25) is 8.89 Å². The first kappa shape index (κ1) is 14.7. The van der Waals surface area contributed by atoms with E-state index in [4.69, 9.17) is 5.11 Å². The third-order valence-corrected chi connectivity index (χ3v) is 3.47. The molecule has 0 fully saturated rings. The Morgan fingerprint density at radius 1 is 1.61 bits per heavy atom. The number of rotatable bonds is 6. The predicted octanol–water partition coefficient (Wildman–Crippen LogP) is 0.996. The van der Waals surface area contributed by atoms with Crippen LogP contribution in [0.4, 0.5) is 5.82 Å². The van der Waals surface area contributed by atoms with E-state index in [2.05, 4.69) is 10.4 Å². The van der Waals surface area contributed by atoms with E-state index in [9.17, 15) is 9.00 Å². The van der Waals surface area contributed by atoms with Crippen molar-refractivity contribution in [2.45, 2.75) is 26.3 Å². The van der Waals surface area contributed by atoms with E-state index >= 15 is 0 Å².